The highest BCUT2D eigenvalue weighted by Crippen LogP contribution is 2.28. The molecule has 0 bridgehead atoms. The van der Waals surface area contributed by atoms with Crippen molar-refractivity contribution in [3.8, 4) is 11.5 Å². The number of amides is 1. The van der Waals surface area contributed by atoms with Gasteiger partial charge in [-0.1, -0.05) is 31.2 Å². The van der Waals surface area contributed by atoms with Gasteiger partial charge >= 0.3 is 0 Å². The van der Waals surface area contributed by atoms with E-state index in [9.17, 15) is 4.79 Å². The summed E-state index contributed by atoms with van der Waals surface area (Å²) in [6, 6.07) is 19.1. The second kappa shape index (κ2) is 8.70. The van der Waals surface area contributed by atoms with E-state index in [1.54, 1.807) is 12.1 Å². The number of thiocarbonyl (C=S) groups is 1. The van der Waals surface area contributed by atoms with E-state index in [1.807, 2.05) is 56.3 Å². The summed E-state index contributed by atoms with van der Waals surface area (Å²) >= 11 is 5.32. The van der Waals surface area contributed by atoms with Crippen LogP contribution in [0.4, 0.5) is 5.69 Å². The number of rotatable bonds is 4. The molecule has 0 spiro atoms. The molecule has 5 nitrogen and oxygen atoms in total. The van der Waals surface area contributed by atoms with Crippen molar-refractivity contribution in [2.45, 2.75) is 27.2 Å². The van der Waals surface area contributed by atoms with Crippen molar-refractivity contribution in [2.24, 2.45) is 0 Å². The van der Waals surface area contributed by atoms with Crippen LogP contribution in [0.1, 0.15) is 34.0 Å². The zero-order chi connectivity index (χ0) is 22.0. The molecule has 0 saturated carbocycles. The van der Waals surface area contributed by atoms with Gasteiger partial charge in [0.25, 0.3) is 5.91 Å². The Kier molecular flexibility index (Phi) is 5.82. The molecule has 1 amide bonds. The number of nitrogens with one attached hydrogen (secondary N) is 2. The van der Waals surface area contributed by atoms with Gasteiger partial charge in [-0.3, -0.25) is 10.1 Å². The number of hydrogen-bond donors (Lipinski definition) is 2. The quantitative estimate of drug-likeness (QED) is 0.401. The standard InChI is InChI=1S/C25H23N3O2S/c1-4-17-8-10-18(11-9-17)23(29)28-25(31)26-20-7-5-6-19(14-20)24-27-21-13-15(2)12-16(3)22(21)30-24/h5-14H,4H2,1-3H3,(H2,26,28,29,31). The Morgan fingerprint density at radius 1 is 1.06 bits per heavy atom. The number of aromatic nitrogens is 1. The molecular weight excluding hydrogens is 406 g/mol. The largest absolute Gasteiger partial charge is 0.436 e. The van der Waals surface area contributed by atoms with Gasteiger partial charge in [-0.2, -0.15) is 0 Å². The minimum Gasteiger partial charge on any atom is -0.436 e. The number of fused-ring (bicyclic) bond motifs is 1. The van der Waals surface area contributed by atoms with Gasteiger partial charge in [0.05, 0.1) is 0 Å². The number of hydrogen-bond acceptors (Lipinski definition) is 4. The highest BCUT2D eigenvalue weighted by Gasteiger charge is 2.12. The fourth-order valence-corrected chi connectivity index (χ4v) is 3.67. The summed E-state index contributed by atoms with van der Waals surface area (Å²) in [5.41, 5.74) is 7.12. The fraction of sp³-hybridized carbons (Fsp3) is 0.160. The lowest BCUT2D eigenvalue weighted by atomic mass is 10.1. The number of carbonyl (C=O) groups excluding carboxylic acids is 1. The smallest absolute Gasteiger partial charge is 0.257 e. The van der Waals surface area contributed by atoms with Crippen molar-refractivity contribution in [1.82, 2.24) is 10.3 Å². The van der Waals surface area contributed by atoms with Crippen LogP contribution in [0.25, 0.3) is 22.6 Å². The number of aryl methyl sites for hydroxylation is 3. The van der Waals surface area contributed by atoms with Crippen molar-refractivity contribution in [1.29, 1.82) is 0 Å². The van der Waals surface area contributed by atoms with Crippen LogP contribution in [-0.4, -0.2) is 16.0 Å². The van der Waals surface area contributed by atoms with Crippen molar-refractivity contribution in [3.05, 3.63) is 82.9 Å². The second-order valence-electron chi connectivity index (χ2n) is 7.49. The predicted octanol–water partition coefficient (Wildman–Crippen LogP) is 5.80. The summed E-state index contributed by atoms with van der Waals surface area (Å²) in [5.74, 6) is 0.291. The topological polar surface area (TPSA) is 67.2 Å². The van der Waals surface area contributed by atoms with Gasteiger partial charge in [-0.15, -0.1) is 0 Å². The predicted molar refractivity (Wildman–Crippen MR) is 128 cm³/mol. The van der Waals surface area contributed by atoms with Gasteiger partial charge < -0.3 is 9.73 Å². The highest BCUT2D eigenvalue weighted by molar-refractivity contribution is 7.80. The molecule has 0 radical (unpaired) electrons. The minimum absolute atomic E-state index is 0.228. The lowest BCUT2D eigenvalue weighted by Gasteiger charge is -2.10. The average Bonchev–Trinajstić information content (AvgIpc) is 3.18. The molecule has 3 aromatic carbocycles. The summed E-state index contributed by atoms with van der Waals surface area (Å²) in [5, 5.41) is 6.01. The van der Waals surface area contributed by atoms with Crippen LogP contribution < -0.4 is 10.6 Å². The van der Waals surface area contributed by atoms with E-state index in [0.29, 0.717) is 11.5 Å². The van der Waals surface area contributed by atoms with E-state index in [0.717, 1.165) is 39.9 Å². The highest BCUT2D eigenvalue weighted by atomic mass is 32.1. The molecule has 156 valence electrons. The zero-order valence-electron chi connectivity index (χ0n) is 17.7. The molecule has 0 atom stereocenters. The summed E-state index contributed by atoms with van der Waals surface area (Å²) < 4.78 is 6.00. The van der Waals surface area contributed by atoms with E-state index < -0.39 is 0 Å². The summed E-state index contributed by atoms with van der Waals surface area (Å²) in [7, 11) is 0. The normalized spacial score (nSPS) is 10.8. The molecule has 0 saturated heterocycles. The van der Waals surface area contributed by atoms with Crippen LogP contribution in [0.3, 0.4) is 0 Å². The maximum atomic E-state index is 12.4. The van der Waals surface area contributed by atoms with E-state index in [2.05, 4.69) is 28.6 Å². The van der Waals surface area contributed by atoms with E-state index in [1.165, 1.54) is 5.56 Å². The zero-order valence-corrected chi connectivity index (χ0v) is 18.5. The van der Waals surface area contributed by atoms with Gasteiger partial charge in [-0.05, 0) is 85.6 Å². The van der Waals surface area contributed by atoms with Crippen molar-refractivity contribution >= 4 is 40.0 Å². The number of carbonyl (C=O) groups is 1. The molecule has 1 aromatic heterocycles. The molecule has 0 aliphatic rings. The van der Waals surface area contributed by atoms with Crippen molar-refractivity contribution < 1.29 is 9.21 Å². The van der Waals surface area contributed by atoms with Crippen molar-refractivity contribution in [2.75, 3.05) is 5.32 Å². The van der Waals surface area contributed by atoms with Crippen LogP contribution in [-0.2, 0) is 6.42 Å². The number of oxazole rings is 1. The Bertz CT molecular complexity index is 1280. The Balaban J connectivity index is 1.48. The molecule has 4 rings (SSSR count). The molecule has 2 N–H and O–H groups in total. The van der Waals surface area contributed by atoms with Gasteiger partial charge in [0.2, 0.25) is 5.89 Å². The van der Waals surface area contributed by atoms with Crippen LogP contribution in [0.2, 0.25) is 0 Å². The Labute approximate surface area is 186 Å². The molecule has 4 aromatic rings. The average molecular weight is 430 g/mol. The maximum Gasteiger partial charge on any atom is 0.257 e. The Morgan fingerprint density at radius 2 is 1.84 bits per heavy atom. The molecule has 31 heavy (non-hydrogen) atoms. The second-order valence-corrected chi connectivity index (χ2v) is 7.90. The van der Waals surface area contributed by atoms with Crippen LogP contribution >= 0.6 is 12.2 Å². The molecule has 0 fully saturated rings. The van der Waals surface area contributed by atoms with Gasteiger partial charge in [0, 0.05) is 16.8 Å². The molecule has 1 heterocycles. The monoisotopic (exact) mass is 429 g/mol. The first-order valence-electron chi connectivity index (χ1n) is 10.1. The maximum absolute atomic E-state index is 12.4. The van der Waals surface area contributed by atoms with Crippen LogP contribution in [0.15, 0.2) is 65.1 Å². The molecular formula is C25H23N3O2S. The molecule has 6 heteroatoms. The number of benzene rings is 3. The van der Waals surface area contributed by atoms with Gasteiger partial charge in [0.15, 0.2) is 10.7 Å². The minimum atomic E-state index is -0.249. The first kappa shape index (κ1) is 20.8. The van der Waals surface area contributed by atoms with E-state index >= 15 is 0 Å². The fourth-order valence-electron chi connectivity index (χ4n) is 3.46. The molecule has 0 unspecified atom stereocenters. The Morgan fingerprint density at radius 3 is 2.58 bits per heavy atom. The Hall–Kier alpha value is -3.51. The number of nitrogens with zero attached hydrogens (tertiary/aromatic N) is 1. The summed E-state index contributed by atoms with van der Waals surface area (Å²) in [6.45, 7) is 6.13. The van der Waals surface area contributed by atoms with E-state index in [-0.39, 0.29) is 11.0 Å². The van der Waals surface area contributed by atoms with Crippen LogP contribution in [0.5, 0.6) is 0 Å². The van der Waals surface area contributed by atoms with Crippen molar-refractivity contribution in [3.63, 3.8) is 0 Å². The lowest BCUT2D eigenvalue weighted by Crippen LogP contribution is -2.34. The third kappa shape index (κ3) is 4.64. The summed E-state index contributed by atoms with van der Waals surface area (Å²) in [6.07, 6.45) is 0.928. The molecule has 0 aliphatic carbocycles. The van der Waals surface area contributed by atoms with Gasteiger partial charge in [0.1, 0.15) is 5.52 Å². The first-order chi connectivity index (χ1) is 14.9. The van der Waals surface area contributed by atoms with Gasteiger partial charge in [-0.25, -0.2) is 4.98 Å². The van der Waals surface area contributed by atoms with E-state index in [4.69, 9.17) is 16.6 Å². The third-order valence-electron chi connectivity index (χ3n) is 5.04. The first-order valence-corrected chi connectivity index (χ1v) is 10.5. The lowest BCUT2D eigenvalue weighted by molar-refractivity contribution is 0.0977. The number of anilines is 1. The van der Waals surface area contributed by atoms with Crippen LogP contribution in [0, 0.1) is 13.8 Å². The molecule has 0 aliphatic heterocycles. The summed E-state index contributed by atoms with van der Waals surface area (Å²) in [4.78, 5) is 17.1. The third-order valence-corrected chi connectivity index (χ3v) is 5.24. The SMILES string of the molecule is CCc1ccc(C(=O)NC(=S)Nc2cccc(-c3nc4cc(C)cc(C)c4o3)c2)cc1.